The minimum Gasteiger partial charge on any atom is -0.287 e. The van der Waals surface area contributed by atoms with Crippen molar-refractivity contribution >= 4 is 44.3 Å². The second-order valence-corrected chi connectivity index (χ2v) is 7.98. The maximum Gasteiger partial charge on any atom is 0.174 e. The molecule has 0 bridgehead atoms. The van der Waals surface area contributed by atoms with Gasteiger partial charge in [-0.3, -0.25) is 4.57 Å². The fourth-order valence-electron chi connectivity index (χ4n) is 3.04. The van der Waals surface area contributed by atoms with E-state index in [4.69, 9.17) is 9.97 Å². The Hall–Kier alpha value is -2.63. The summed E-state index contributed by atoms with van der Waals surface area (Å²) in [7, 11) is 0. The van der Waals surface area contributed by atoms with Gasteiger partial charge >= 0.3 is 0 Å². The van der Waals surface area contributed by atoms with Crippen LogP contribution in [0.4, 0.5) is 0 Å². The van der Waals surface area contributed by atoms with E-state index in [1.165, 1.54) is 4.70 Å². The van der Waals surface area contributed by atoms with Crippen LogP contribution < -0.4 is 0 Å². The molecule has 0 N–H and O–H groups in total. The molecule has 5 aromatic rings. The van der Waals surface area contributed by atoms with E-state index in [0.717, 1.165) is 38.2 Å². The van der Waals surface area contributed by atoms with Crippen LogP contribution in [-0.2, 0) is 5.75 Å². The lowest BCUT2D eigenvalue weighted by Gasteiger charge is -2.08. The zero-order valence-electron chi connectivity index (χ0n) is 13.9. The number of nitrogens with zero attached hydrogens (tertiary/aromatic N) is 3. The van der Waals surface area contributed by atoms with Crippen molar-refractivity contribution in [2.75, 3.05) is 0 Å². The van der Waals surface area contributed by atoms with Gasteiger partial charge in [-0.15, -0.1) is 11.3 Å². The fourth-order valence-corrected chi connectivity index (χ4v) is 5.02. The van der Waals surface area contributed by atoms with Gasteiger partial charge in [0.05, 0.1) is 27.0 Å². The number of benzene rings is 3. The second kappa shape index (κ2) is 6.59. The van der Waals surface area contributed by atoms with E-state index in [0.29, 0.717) is 0 Å². The highest BCUT2D eigenvalue weighted by Crippen LogP contribution is 2.32. The molecule has 0 atom stereocenters. The van der Waals surface area contributed by atoms with Crippen molar-refractivity contribution in [1.29, 1.82) is 0 Å². The van der Waals surface area contributed by atoms with Crippen molar-refractivity contribution in [3.8, 4) is 5.69 Å². The minimum absolute atomic E-state index is 0.815. The summed E-state index contributed by atoms with van der Waals surface area (Å²) in [6.45, 7) is 0. The summed E-state index contributed by atoms with van der Waals surface area (Å²) in [5.74, 6) is 0.815. The highest BCUT2D eigenvalue weighted by Gasteiger charge is 2.13. The molecule has 0 amide bonds. The van der Waals surface area contributed by atoms with Crippen LogP contribution in [0, 0.1) is 0 Å². The van der Waals surface area contributed by atoms with Crippen molar-refractivity contribution in [2.45, 2.75) is 10.9 Å². The first-order valence-corrected chi connectivity index (χ1v) is 10.2. The predicted octanol–water partition coefficient (Wildman–Crippen LogP) is 5.93. The van der Waals surface area contributed by atoms with Crippen molar-refractivity contribution < 1.29 is 0 Å². The van der Waals surface area contributed by atoms with Crippen molar-refractivity contribution in [3.63, 3.8) is 0 Å². The molecule has 5 rings (SSSR count). The van der Waals surface area contributed by atoms with Gasteiger partial charge in [0.2, 0.25) is 0 Å². The quantitative estimate of drug-likeness (QED) is 0.366. The summed E-state index contributed by atoms with van der Waals surface area (Å²) in [5.41, 5.74) is 4.35. The number of hydrogen-bond acceptors (Lipinski definition) is 4. The summed E-state index contributed by atoms with van der Waals surface area (Å²) in [6, 6.07) is 27.0. The van der Waals surface area contributed by atoms with Crippen LogP contribution in [0.3, 0.4) is 0 Å². The number of imidazole rings is 1. The minimum atomic E-state index is 0.815. The Morgan fingerprint density at radius 3 is 2.35 bits per heavy atom. The molecule has 0 radical (unpaired) electrons. The average molecular weight is 374 g/mol. The topological polar surface area (TPSA) is 30.7 Å². The molecule has 0 spiro atoms. The normalized spacial score (nSPS) is 11.4. The van der Waals surface area contributed by atoms with Crippen LogP contribution in [0.15, 0.2) is 84.0 Å². The van der Waals surface area contributed by atoms with E-state index in [2.05, 4.69) is 65.2 Å². The number of hydrogen-bond donors (Lipinski definition) is 0. The van der Waals surface area contributed by atoms with E-state index < -0.39 is 0 Å². The molecule has 0 saturated heterocycles. The van der Waals surface area contributed by atoms with Crippen LogP contribution in [0.5, 0.6) is 0 Å². The van der Waals surface area contributed by atoms with Gasteiger partial charge in [-0.1, -0.05) is 54.2 Å². The number of thioether (sulfide) groups is 1. The largest absolute Gasteiger partial charge is 0.287 e. The molecule has 2 heterocycles. The Morgan fingerprint density at radius 1 is 0.769 bits per heavy atom. The third-order valence-corrected chi connectivity index (χ3v) is 6.38. The Bertz CT molecular complexity index is 1160. The van der Waals surface area contributed by atoms with Crippen LogP contribution >= 0.6 is 23.1 Å². The molecule has 0 saturated carbocycles. The van der Waals surface area contributed by atoms with Gasteiger partial charge in [-0.25, -0.2) is 9.97 Å². The summed E-state index contributed by atoms with van der Waals surface area (Å²) >= 11 is 3.49. The number of para-hydroxylation sites is 4. The fraction of sp³-hybridized carbons (Fsp3) is 0.0476. The van der Waals surface area contributed by atoms with Gasteiger partial charge in [0, 0.05) is 5.69 Å². The van der Waals surface area contributed by atoms with E-state index in [9.17, 15) is 0 Å². The first kappa shape index (κ1) is 15.6. The van der Waals surface area contributed by atoms with Crippen molar-refractivity contribution in [1.82, 2.24) is 14.5 Å². The van der Waals surface area contributed by atoms with E-state index in [1.54, 1.807) is 23.1 Å². The van der Waals surface area contributed by atoms with Gasteiger partial charge in [0.1, 0.15) is 5.01 Å². The van der Waals surface area contributed by atoms with E-state index in [-0.39, 0.29) is 0 Å². The maximum atomic E-state index is 4.86. The van der Waals surface area contributed by atoms with Crippen molar-refractivity contribution in [3.05, 3.63) is 83.9 Å². The van der Waals surface area contributed by atoms with Crippen LogP contribution in [0.25, 0.3) is 26.9 Å². The standard InChI is InChI=1S/C21H15N3S2/c1-2-8-15(9-3-1)24-18-12-6-4-10-16(18)23-21(24)25-14-20-22-17-11-5-7-13-19(17)26-20/h1-13H,14H2. The molecule has 2 aromatic heterocycles. The number of thiazole rings is 1. The molecule has 26 heavy (non-hydrogen) atoms. The summed E-state index contributed by atoms with van der Waals surface area (Å²) in [4.78, 5) is 9.61. The van der Waals surface area contributed by atoms with E-state index in [1.807, 2.05) is 18.2 Å². The highest BCUT2D eigenvalue weighted by molar-refractivity contribution is 7.98. The molecule has 0 unspecified atom stereocenters. The number of fused-ring (bicyclic) bond motifs is 2. The number of aromatic nitrogens is 3. The van der Waals surface area contributed by atoms with Gasteiger partial charge in [-0.2, -0.15) is 0 Å². The monoisotopic (exact) mass is 373 g/mol. The lowest BCUT2D eigenvalue weighted by atomic mass is 10.3. The van der Waals surface area contributed by atoms with Gasteiger partial charge in [0.15, 0.2) is 5.16 Å². The molecule has 0 aliphatic heterocycles. The van der Waals surface area contributed by atoms with Crippen LogP contribution in [-0.4, -0.2) is 14.5 Å². The third-order valence-electron chi connectivity index (χ3n) is 4.21. The lowest BCUT2D eigenvalue weighted by Crippen LogP contribution is -1.96. The smallest absolute Gasteiger partial charge is 0.174 e. The highest BCUT2D eigenvalue weighted by atomic mass is 32.2. The Labute approximate surface area is 159 Å². The Kier molecular flexibility index (Phi) is 3.96. The Morgan fingerprint density at radius 2 is 1.50 bits per heavy atom. The molecule has 3 aromatic carbocycles. The maximum absolute atomic E-state index is 4.86. The van der Waals surface area contributed by atoms with Crippen LogP contribution in [0.2, 0.25) is 0 Å². The molecular formula is C21H15N3S2. The molecule has 126 valence electrons. The molecule has 5 heteroatoms. The molecule has 0 fully saturated rings. The van der Waals surface area contributed by atoms with E-state index >= 15 is 0 Å². The molecule has 0 aliphatic rings. The first-order chi connectivity index (χ1) is 12.9. The summed E-state index contributed by atoms with van der Waals surface area (Å²) < 4.78 is 3.47. The first-order valence-electron chi connectivity index (χ1n) is 8.39. The van der Waals surface area contributed by atoms with Crippen molar-refractivity contribution in [2.24, 2.45) is 0 Å². The molecule has 0 aliphatic carbocycles. The average Bonchev–Trinajstić information content (AvgIpc) is 3.27. The third kappa shape index (κ3) is 2.79. The lowest BCUT2D eigenvalue weighted by molar-refractivity contribution is 0.919. The zero-order chi connectivity index (χ0) is 17.3. The molecular weight excluding hydrogens is 358 g/mol. The predicted molar refractivity (Wildman–Crippen MR) is 110 cm³/mol. The van der Waals surface area contributed by atoms with Gasteiger partial charge in [0.25, 0.3) is 0 Å². The van der Waals surface area contributed by atoms with Crippen LogP contribution in [0.1, 0.15) is 5.01 Å². The van der Waals surface area contributed by atoms with Gasteiger partial charge in [-0.05, 0) is 36.4 Å². The SMILES string of the molecule is c1ccc(-n2c(SCc3nc4ccccc4s3)nc3ccccc32)cc1. The number of rotatable bonds is 4. The summed E-state index contributed by atoms with van der Waals surface area (Å²) in [5, 5.41) is 2.12. The molecule has 3 nitrogen and oxygen atoms in total. The Balaban J connectivity index is 1.54. The zero-order valence-corrected chi connectivity index (χ0v) is 15.5. The second-order valence-electron chi connectivity index (χ2n) is 5.92. The van der Waals surface area contributed by atoms with Gasteiger partial charge < -0.3 is 0 Å². The summed E-state index contributed by atoms with van der Waals surface area (Å²) in [6.07, 6.45) is 0.